The molecule has 4 heterocycles. The molecule has 0 unspecified atom stereocenters. The zero-order chi connectivity index (χ0) is 27.7. The highest BCUT2D eigenvalue weighted by Gasteiger charge is 2.28. The van der Waals surface area contributed by atoms with E-state index < -0.39 is 46.8 Å². The second-order valence-corrected chi connectivity index (χ2v) is 8.92. The summed E-state index contributed by atoms with van der Waals surface area (Å²) < 4.78 is 70.5. The average Bonchev–Trinajstić information content (AvgIpc) is 3.33. The van der Waals surface area contributed by atoms with E-state index in [0.717, 1.165) is 54.9 Å². The fourth-order valence-electron chi connectivity index (χ4n) is 3.93. The molecule has 0 bridgehead atoms. The molecule has 0 spiro atoms. The first-order chi connectivity index (χ1) is 18.7. The normalized spacial score (nSPS) is 14.0. The Hall–Kier alpha value is -4.20. The number of carbonyl (C=O) groups excluding carboxylic acids is 1. The molecule has 202 valence electrons. The second kappa shape index (κ2) is 10.9. The van der Waals surface area contributed by atoms with Gasteiger partial charge in [-0.1, -0.05) is 17.7 Å². The van der Waals surface area contributed by atoms with Gasteiger partial charge in [-0.3, -0.25) is 14.5 Å². The van der Waals surface area contributed by atoms with E-state index in [4.69, 9.17) is 11.6 Å². The molecular weight excluding hydrogens is 547 g/mol. The van der Waals surface area contributed by atoms with Crippen LogP contribution in [0.25, 0.3) is 11.3 Å². The number of hydrogen-bond acceptors (Lipinski definition) is 7. The summed E-state index contributed by atoms with van der Waals surface area (Å²) in [5, 5.41) is 5.96. The second-order valence-electron chi connectivity index (χ2n) is 8.52. The molecule has 1 N–H and O–H groups in total. The topological polar surface area (TPSA) is 102 Å². The summed E-state index contributed by atoms with van der Waals surface area (Å²) in [6.07, 6.45) is 2.08. The third-order valence-electron chi connectivity index (χ3n) is 6.01. The van der Waals surface area contributed by atoms with Crippen molar-refractivity contribution in [3.8, 4) is 11.3 Å². The van der Waals surface area contributed by atoms with E-state index in [0.29, 0.717) is 5.95 Å². The van der Waals surface area contributed by atoms with Gasteiger partial charge in [0.25, 0.3) is 18.8 Å². The van der Waals surface area contributed by atoms with Crippen LogP contribution in [0.5, 0.6) is 0 Å². The van der Waals surface area contributed by atoms with E-state index in [-0.39, 0.29) is 22.6 Å². The third kappa shape index (κ3) is 5.37. The van der Waals surface area contributed by atoms with Crippen LogP contribution in [0.3, 0.4) is 0 Å². The number of rotatable bonds is 8. The summed E-state index contributed by atoms with van der Waals surface area (Å²) >= 11 is 5.76. The molecule has 0 saturated carbocycles. The monoisotopic (exact) mass is 564 g/mol. The summed E-state index contributed by atoms with van der Waals surface area (Å²) in [4.78, 5) is 30.8. The maximum Gasteiger partial charge on any atom is 0.275 e. The van der Waals surface area contributed by atoms with Gasteiger partial charge in [-0.25, -0.2) is 36.9 Å². The Morgan fingerprint density at radius 3 is 2.41 bits per heavy atom. The van der Waals surface area contributed by atoms with Crippen LogP contribution in [0.2, 0.25) is 5.02 Å². The van der Waals surface area contributed by atoms with Gasteiger partial charge in [-0.15, -0.1) is 0 Å². The van der Waals surface area contributed by atoms with Gasteiger partial charge < -0.3 is 10.2 Å². The lowest BCUT2D eigenvalue weighted by atomic mass is 10.0. The fraction of sp³-hybridized carbons (Fsp3) is 0.250. The SMILES string of the molecule is O=C(Nc1cnn([C@H](c2cnc(N3CCC3)nc2)C(F)F)c1)c1cncc(-c2c(C(F)F)ccc(Cl)c2F)n1. The highest BCUT2D eigenvalue weighted by molar-refractivity contribution is 6.31. The van der Waals surface area contributed by atoms with Crippen molar-refractivity contribution in [1.82, 2.24) is 29.7 Å². The molecule has 1 aliphatic rings. The molecule has 1 saturated heterocycles. The maximum atomic E-state index is 14.6. The third-order valence-corrected chi connectivity index (χ3v) is 6.30. The zero-order valence-electron chi connectivity index (χ0n) is 19.8. The van der Waals surface area contributed by atoms with Crippen molar-refractivity contribution in [2.45, 2.75) is 25.3 Å². The van der Waals surface area contributed by atoms with Crippen LogP contribution >= 0.6 is 11.6 Å². The number of alkyl halides is 4. The fourth-order valence-corrected chi connectivity index (χ4v) is 4.09. The minimum atomic E-state index is -3.04. The summed E-state index contributed by atoms with van der Waals surface area (Å²) in [7, 11) is 0. The standard InChI is InChI=1S/C24H18ClF5N8O/c25-15-3-2-14(21(27)28)18(19(15)26)16-9-31-10-17(36-16)23(39)35-13-8-34-38(11-13)20(22(29)30)12-6-32-24(33-7-12)37-4-1-5-37/h2-3,6-11,20-22H,1,4-5H2,(H,35,39)/t20-/m1/s1. The molecular formula is C24H18ClF5N8O. The Bertz CT molecular complexity index is 1500. The van der Waals surface area contributed by atoms with Gasteiger partial charge in [0, 0.05) is 48.4 Å². The van der Waals surface area contributed by atoms with Crippen LogP contribution in [0.4, 0.5) is 33.6 Å². The van der Waals surface area contributed by atoms with Crippen molar-refractivity contribution in [3.63, 3.8) is 0 Å². The number of aromatic nitrogens is 6. The molecule has 4 aromatic rings. The van der Waals surface area contributed by atoms with Crippen molar-refractivity contribution in [2.75, 3.05) is 23.3 Å². The van der Waals surface area contributed by atoms with Gasteiger partial charge in [0.1, 0.15) is 11.7 Å². The number of anilines is 2. The van der Waals surface area contributed by atoms with Crippen LogP contribution in [0.15, 0.2) is 49.3 Å². The minimum Gasteiger partial charge on any atom is -0.341 e. The number of carbonyl (C=O) groups is 1. The Morgan fingerprint density at radius 2 is 1.77 bits per heavy atom. The molecule has 0 aliphatic carbocycles. The molecule has 0 radical (unpaired) electrons. The van der Waals surface area contributed by atoms with Crippen molar-refractivity contribution in [1.29, 1.82) is 0 Å². The van der Waals surface area contributed by atoms with Gasteiger partial charge in [-0.2, -0.15) is 5.10 Å². The number of hydrogen-bond donors (Lipinski definition) is 1. The predicted octanol–water partition coefficient (Wildman–Crippen LogP) is 5.18. The van der Waals surface area contributed by atoms with E-state index in [9.17, 15) is 26.7 Å². The minimum absolute atomic E-state index is 0.0400. The Kier molecular flexibility index (Phi) is 7.37. The van der Waals surface area contributed by atoms with Crippen molar-refractivity contribution >= 4 is 29.1 Å². The summed E-state index contributed by atoms with van der Waals surface area (Å²) in [6.45, 7) is 1.60. The number of nitrogens with one attached hydrogen (secondary N) is 1. The predicted molar refractivity (Wildman–Crippen MR) is 131 cm³/mol. The highest BCUT2D eigenvalue weighted by Crippen LogP contribution is 2.35. The highest BCUT2D eigenvalue weighted by atomic mass is 35.5. The van der Waals surface area contributed by atoms with Gasteiger partial charge in [0.2, 0.25) is 5.95 Å². The van der Waals surface area contributed by atoms with E-state index >= 15 is 0 Å². The summed E-state index contributed by atoms with van der Waals surface area (Å²) in [6, 6.07) is 0.419. The number of nitrogens with zero attached hydrogens (tertiary/aromatic N) is 7. The van der Waals surface area contributed by atoms with E-state index in [1.807, 2.05) is 4.90 Å². The first-order valence-corrected chi connectivity index (χ1v) is 11.9. The van der Waals surface area contributed by atoms with Gasteiger partial charge in [-0.05, 0) is 12.5 Å². The van der Waals surface area contributed by atoms with Crippen LogP contribution in [0.1, 0.15) is 40.5 Å². The molecule has 3 aromatic heterocycles. The average molecular weight is 565 g/mol. The van der Waals surface area contributed by atoms with E-state index in [2.05, 4.69) is 30.4 Å². The quantitative estimate of drug-likeness (QED) is 0.294. The molecule has 1 amide bonds. The number of benzene rings is 1. The Labute approximate surface area is 222 Å². The molecule has 1 atom stereocenters. The maximum absolute atomic E-state index is 14.6. The zero-order valence-corrected chi connectivity index (χ0v) is 20.5. The summed E-state index contributed by atoms with van der Waals surface area (Å²) in [5.41, 5.74) is -1.79. The van der Waals surface area contributed by atoms with Crippen LogP contribution in [-0.2, 0) is 0 Å². The Morgan fingerprint density at radius 1 is 1.03 bits per heavy atom. The molecule has 15 heteroatoms. The number of halogens is 6. The summed E-state index contributed by atoms with van der Waals surface area (Å²) in [5.74, 6) is -1.55. The van der Waals surface area contributed by atoms with Crippen LogP contribution in [0, 0.1) is 5.82 Å². The molecule has 1 fully saturated rings. The van der Waals surface area contributed by atoms with Crippen molar-refractivity contribution in [2.24, 2.45) is 0 Å². The molecule has 1 aromatic carbocycles. The van der Waals surface area contributed by atoms with Gasteiger partial charge >= 0.3 is 0 Å². The first-order valence-electron chi connectivity index (χ1n) is 11.5. The van der Waals surface area contributed by atoms with E-state index in [1.54, 1.807) is 0 Å². The van der Waals surface area contributed by atoms with E-state index in [1.165, 1.54) is 18.6 Å². The van der Waals surface area contributed by atoms with Crippen LogP contribution < -0.4 is 10.2 Å². The molecule has 1 aliphatic heterocycles. The number of amides is 1. The lowest BCUT2D eigenvalue weighted by molar-refractivity contribution is 0.0950. The van der Waals surface area contributed by atoms with Crippen molar-refractivity contribution in [3.05, 3.63) is 77.0 Å². The molecule has 39 heavy (non-hydrogen) atoms. The lowest BCUT2D eigenvalue weighted by Crippen LogP contribution is -2.38. The molecule has 5 rings (SSSR count). The van der Waals surface area contributed by atoms with Crippen LogP contribution in [-0.4, -0.2) is 55.1 Å². The Balaban J connectivity index is 1.36. The van der Waals surface area contributed by atoms with Gasteiger partial charge in [0.15, 0.2) is 5.82 Å². The van der Waals surface area contributed by atoms with Crippen molar-refractivity contribution < 1.29 is 26.7 Å². The smallest absolute Gasteiger partial charge is 0.275 e. The molecule has 9 nitrogen and oxygen atoms in total. The first kappa shape index (κ1) is 26.4. The largest absolute Gasteiger partial charge is 0.341 e. The van der Waals surface area contributed by atoms with Gasteiger partial charge in [0.05, 0.1) is 35.0 Å². The lowest BCUT2D eigenvalue weighted by Gasteiger charge is -2.30.